The molecule has 2 rings (SSSR count). The molecule has 0 saturated heterocycles. The van der Waals surface area contributed by atoms with E-state index in [9.17, 15) is 4.79 Å². The van der Waals surface area contributed by atoms with E-state index in [0.29, 0.717) is 11.4 Å². The van der Waals surface area contributed by atoms with Gasteiger partial charge in [-0.15, -0.1) is 11.6 Å². The van der Waals surface area contributed by atoms with Gasteiger partial charge in [-0.2, -0.15) is 0 Å². The second-order valence-corrected chi connectivity index (χ2v) is 4.58. The maximum Gasteiger partial charge on any atom is 0.253 e. The molecule has 0 aliphatic heterocycles. The van der Waals surface area contributed by atoms with Crippen LogP contribution in [0.2, 0.25) is 0 Å². The molecule has 5 heteroatoms. The molecule has 0 unspecified atom stereocenters. The summed E-state index contributed by atoms with van der Waals surface area (Å²) in [5, 5.41) is 0. The van der Waals surface area contributed by atoms with Gasteiger partial charge in [-0.1, -0.05) is 0 Å². The number of hydrogen-bond donors (Lipinski definition) is 0. The number of carbonyl (C=O) groups excluding carboxylic acids is 1. The topological polar surface area (TPSA) is 38.1 Å². The summed E-state index contributed by atoms with van der Waals surface area (Å²) in [5.41, 5.74) is 2.48. The second kappa shape index (κ2) is 4.98. The molecule has 0 bridgehead atoms. The van der Waals surface area contributed by atoms with Crippen LogP contribution >= 0.6 is 11.6 Å². The highest BCUT2D eigenvalue weighted by Crippen LogP contribution is 2.19. The zero-order valence-electron chi connectivity index (χ0n) is 10.8. The van der Waals surface area contributed by atoms with Crippen LogP contribution in [0.1, 0.15) is 23.1 Å². The molecule has 0 aliphatic carbocycles. The predicted octanol–water partition coefficient (Wildman–Crippen LogP) is 2.50. The number of nitrogens with zero attached hydrogens (tertiary/aromatic N) is 3. The van der Waals surface area contributed by atoms with Gasteiger partial charge in [-0.3, -0.25) is 4.79 Å². The summed E-state index contributed by atoms with van der Waals surface area (Å²) in [5.74, 6) is 1.19. The van der Waals surface area contributed by atoms with Gasteiger partial charge in [-0.05, 0) is 25.1 Å². The maximum absolute atomic E-state index is 11.9. The Bertz CT molecular complexity index is 589. The van der Waals surface area contributed by atoms with E-state index < -0.39 is 0 Å². The number of imidazole rings is 1. The highest BCUT2D eigenvalue weighted by molar-refractivity contribution is 6.16. The molecule has 18 heavy (non-hydrogen) atoms. The molecule has 1 heterocycles. The number of alkyl halides is 1. The molecule has 0 fully saturated rings. The molecule has 2 aromatic rings. The molecule has 1 aromatic heterocycles. The van der Waals surface area contributed by atoms with Crippen LogP contribution in [-0.2, 0) is 12.4 Å². The average Bonchev–Trinajstić information content (AvgIpc) is 2.73. The van der Waals surface area contributed by atoms with E-state index >= 15 is 0 Å². The van der Waals surface area contributed by atoms with E-state index in [1.165, 1.54) is 0 Å². The van der Waals surface area contributed by atoms with Crippen LogP contribution < -0.4 is 0 Å². The number of aryl methyl sites for hydroxylation is 1. The van der Waals surface area contributed by atoms with Crippen molar-refractivity contribution in [2.75, 3.05) is 14.1 Å². The number of aromatic nitrogens is 2. The van der Waals surface area contributed by atoms with Crippen LogP contribution in [0.25, 0.3) is 11.0 Å². The highest BCUT2D eigenvalue weighted by Gasteiger charge is 2.13. The van der Waals surface area contributed by atoms with E-state index in [4.69, 9.17) is 11.6 Å². The Balaban J connectivity index is 2.56. The third kappa shape index (κ3) is 2.08. The van der Waals surface area contributed by atoms with Gasteiger partial charge in [0.05, 0.1) is 16.9 Å². The Labute approximate surface area is 111 Å². The molecule has 1 amide bonds. The van der Waals surface area contributed by atoms with Crippen LogP contribution in [0.5, 0.6) is 0 Å². The molecule has 0 aliphatic rings. The maximum atomic E-state index is 11.9. The normalized spacial score (nSPS) is 10.9. The SMILES string of the molecule is CCn1c(CCl)nc2cc(C(=O)N(C)C)ccc21. The lowest BCUT2D eigenvalue weighted by Gasteiger charge is -2.10. The lowest BCUT2D eigenvalue weighted by Crippen LogP contribution is -2.21. The fourth-order valence-corrected chi connectivity index (χ4v) is 2.23. The summed E-state index contributed by atoms with van der Waals surface area (Å²) in [6.45, 7) is 2.87. The molecule has 1 aromatic carbocycles. The summed E-state index contributed by atoms with van der Waals surface area (Å²) in [6.07, 6.45) is 0. The first-order chi connectivity index (χ1) is 8.58. The van der Waals surface area contributed by atoms with Crippen molar-refractivity contribution in [1.82, 2.24) is 14.5 Å². The van der Waals surface area contributed by atoms with E-state index in [0.717, 1.165) is 23.4 Å². The van der Waals surface area contributed by atoms with Crippen molar-refractivity contribution in [2.45, 2.75) is 19.3 Å². The van der Waals surface area contributed by atoms with Crippen LogP contribution in [-0.4, -0.2) is 34.5 Å². The minimum atomic E-state index is -0.0182. The Morgan fingerprint density at radius 3 is 2.72 bits per heavy atom. The van der Waals surface area contributed by atoms with Gasteiger partial charge < -0.3 is 9.47 Å². The summed E-state index contributed by atoms with van der Waals surface area (Å²) < 4.78 is 2.06. The van der Waals surface area contributed by atoms with Crippen LogP contribution in [0.15, 0.2) is 18.2 Å². The van der Waals surface area contributed by atoms with Crippen molar-refractivity contribution in [3.63, 3.8) is 0 Å². The van der Waals surface area contributed by atoms with E-state index in [1.807, 2.05) is 18.2 Å². The quantitative estimate of drug-likeness (QED) is 0.800. The number of amides is 1. The van der Waals surface area contributed by atoms with E-state index in [-0.39, 0.29) is 5.91 Å². The van der Waals surface area contributed by atoms with Gasteiger partial charge >= 0.3 is 0 Å². The Kier molecular flexibility index (Phi) is 3.57. The third-order valence-electron chi connectivity index (χ3n) is 2.92. The first-order valence-electron chi connectivity index (χ1n) is 5.85. The zero-order chi connectivity index (χ0) is 13.3. The summed E-state index contributed by atoms with van der Waals surface area (Å²) in [7, 11) is 3.47. The summed E-state index contributed by atoms with van der Waals surface area (Å²) in [4.78, 5) is 17.9. The summed E-state index contributed by atoms with van der Waals surface area (Å²) in [6, 6.07) is 5.58. The molecule has 0 spiro atoms. The monoisotopic (exact) mass is 265 g/mol. The molecule has 0 saturated carbocycles. The van der Waals surface area contributed by atoms with Gasteiger partial charge in [0.25, 0.3) is 5.91 Å². The Morgan fingerprint density at radius 2 is 2.17 bits per heavy atom. The molecule has 0 radical (unpaired) electrons. The standard InChI is InChI=1S/C13H16ClN3O/c1-4-17-11-6-5-9(13(18)16(2)3)7-10(11)15-12(17)8-14/h5-7H,4,8H2,1-3H3. The molecular formula is C13H16ClN3O. The van der Waals surface area contributed by atoms with Crippen LogP contribution in [0, 0.1) is 0 Å². The summed E-state index contributed by atoms with van der Waals surface area (Å²) >= 11 is 5.88. The Hall–Kier alpha value is -1.55. The number of carbonyl (C=O) groups is 1. The van der Waals surface area contributed by atoms with Gasteiger partial charge in [0.2, 0.25) is 0 Å². The predicted molar refractivity (Wildman–Crippen MR) is 73.0 cm³/mol. The largest absolute Gasteiger partial charge is 0.345 e. The first-order valence-corrected chi connectivity index (χ1v) is 6.38. The lowest BCUT2D eigenvalue weighted by atomic mass is 10.2. The lowest BCUT2D eigenvalue weighted by molar-refractivity contribution is 0.0828. The van der Waals surface area contributed by atoms with Crippen LogP contribution in [0.4, 0.5) is 0 Å². The van der Waals surface area contributed by atoms with Gasteiger partial charge in [0, 0.05) is 26.2 Å². The molecule has 96 valence electrons. The number of rotatable bonds is 3. The van der Waals surface area contributed by atoms with Gasteiger partial charge in [0.1, 0.15) is 5.82 Å². The molecular weight excluding hydrogens is 250 g/mol. The number of hydrogen-bond acceptors (Lipinski definition) is 2. The second-order valence-electron chi connectivity index (χ2n) is 4.31. The minimum absolute atomic E-state index is 0.0182. The first kappa shape index (κ1) is 12.9. The van der Waals surface area contributed by atoms with Gasteiger partial charge in [0.15, 0.2) is 0 Å². The number of fused-ring (bicyclic) bond motifs is 1. The van der Waals surface area contributed by atoms with E-state index in [2.05, 4.69) is 16.5 Å². The molecule has 4 nitrogen and oxygen atoms in total. The van der Waals surface area contributed by atoms with Crippen LogP contribution in [0.3, 0.4) is 0 Å². The van der Waals surface area contributed by atoms with Crippen molar-refractivity contribution in [1.29, 1.82) is 0 Å². The fraction of sp³-hybridized carbons (Fsp3) is 0.385. The minimum Gasteiger partial charge on any atom is -0.345 e. The van der Waals surface area contributed by atoms with E-state index in [1.54, 1.807) is 19.0 Å². The van der Waals surface area contributed by atoms with Gasteiger partial charge in [-0.25, -0.2) is 4.98 Å². The molecule has 0 atom stereocenters. The van der Waals surface area contributed by atoms with Crippen molar-refractivity contribution in [3.05, 3.63) is 29.6 Å². The van der Waals surface area contributed by atoms with Crippen molar-refractivity contribution in [3.8, 4) is 0 Å². The number of halogens is 1. The van der Waals surface area contributed by atoms with Crippen molar-refractivity contribution < 1.29 is 4.79 Å². The smallest absolute Gasteiger partial charge is 0.253 e. The Morgan fingerprint density at radius 1 is 1.44 bits per heavy atom. The fourth-order valence-electron chi connectivity index (χ4n) is 2.03. The zero-order valence-corrected chi connectivity index (χ0v) is 11.5. The third-order valence-corrected chi connectivity index (χ3v) is 3.16. The van der Waals surface area contributed by atoms with Crippen molar-refractivity contribution in [2.24, 2.45) is 0 Å². The average molecular weight is 266 g/mol. The van der Waals surface area contributed by atoms with Crippen molar-refractivity contribution >= 4 is 28.5 Å². The number of benzene rings is 1. The molecule has 0 N–H and O–H groups in total. The highest BCUT2D eigenvalue weighted by atomic mass is 35.5.